The molecule has 0 saturated carbocycles. The third kappa shape index (κ3) is 1.80. The van der Waals surface area contributed by atoms with E-state index in [0.717, 1.165) is 35.5 Å². The van der Waals surface area contributed by atoms with Crippen LogP contribution in [0.5, 0.6) is 0 Å². The summed E-state index contributed by atoms with van der Waals surface area (Å²) in [5.41, 5.74) is 3.44. The van der Waals surface area contributed by atoms with Gasteiger partial charge >= 0.3 is 0 Å². The fraction of sp³-hybridized carbons (Fsp3) is 0.600. The van der Waals surface area contributed by atoms with Gasteiger partial charge in [-0.3, -0.25) is 0 Å². The van der Waals surface area contributed by atoms with E-state index in [1.54, 1.807) is 11.1 Å². The molecule has 0 saturated heterocycles. The van der Waals surface area contributed by atoms with Crippen LogP contribution in [0.1, 0.15) is 39.5 Å². The minimum atomic E-state index is 0.732. The van der Waals surface area contributed by atoms with E-state index >= 15 is 0 Å². The zero-order valence-electron chi connectivity index (χ0n) is 12.8. The molecule has 6 atom stereocenters. The van der Waals surface area contributed by atoms with Gasteiger partial charge in [0.2, 0.25) is 0 Å². The standard InChI is InChI=1S/C20H26/c1-13-5-3-7-16-10-12-19(20(13)16)18-11-9-15-6-4-8-17(15)14(18)2/h3-6,11-17,20H,7-10H2,1-2H3. The molecule has 6 unspecified atom stereocenters. The van der Waals surface area contributed by atoms with E-state index in [2.05, 4.69) is 50.3 Å². The largest absolute Gasteiger partial charge is 0.0879 e. The minimum Gasteiger partial charge on any atom is -0.0879 e. The van der Waals surface area contributed by atoms with E-state index in [9.17, 15) is 0 Å². The molecule has 0 aromatic heterocycles. The molecule has 4 rings (SSSR count). The molecule has 0 aromatic carbocycles. The van der Waals surface area contributed by atoms with Gasteiger partial charge in [-0.05, 0) is 72.3 Å². The lowest BCUT2D eigenvalue weighted by molar-refractivity contribution is 0.295. The average molecular weight is 266 g/mol. The maximum atomic E-state index is 2.59. The summed E-state index contributed by atoms with van der Waals surface area (Å²) in [6, 6.07) is 0. The van der Waals surface area contributed by atoms with Crippen LogP contribution in [0.2, 0.25) is 0 Å². The Kier molecular flexibility index (Phi) is 3.02. The Hall–Kier alpha value is -1.04. The van der Waals surface area contributed by atoms with Gasteiger partial charge in [0, 0.05) is 0 Å². The Labute approximate surface area is 123 Å². The Morgan fingerprint density at radius 3 is 2.55 bits per heavy atom. The third-order valence-corrected chi connectivity index (χ3v) is 6.37. The van der Waals surface area contributed by atoms with Crippen LogP contribution in [0.25, 0.3) is 0 Å². The zero-order valence-corrected chi connectivity index (χ0v) is 12.8. The SMILES string of the molecule is CC1C=CCC2CC=C(C3=CCC4C=CCC4C3C)C12. The normalized spacial score (nSPS) is 45.9. The molecule has 0 radical (unpaired) electrons. The molecule has 0 bridgehead atoms. The van der Waals surface area contributed by atoms with Crippen molar-refractivity contribution >= 4 is 0 Å². The molecular formula is C20H26. The second kappa shape index (κ2) is 4.76. The second-order valence-electron chi connectivity index (χ2n) is 7.38. The van der Waals surface area contributed by atoms with Gasteiger partial charge in [-0.15, -0.1) is 0 Å². The molecule has 0 heterocycles. The van der Waals surface area contributed by atoms with Crippen LogP contribution in [-0.2, 0) is 0 Å². The van der Waals surface area contributed by atoms with Crippen LogP contribution < -0.4 is 0 Å². The van der Waals surface area contributed by atoms with Gasteiger partial charge in [0.15, 0.2) is 0 Å². The molecule has 0 nitrogen and oxygen atoms in total. The van der Waals surface area contributed by atoms with Crippen LogP contribution >= 0.6 is 0 Å². The van der Waals surface area contributed by atoms with Gasteiger partial charge < -0.3 is 0 Å². The summed E-state index contributed by atoms with van der Waals surface area (Å²) in [6.07, 6.45) is 20.1. The summed E-state index contributed by atoms with van der Waals surface area (Å²) in [6.45, 7) is 4.90. The average Bonchev–Trinajstić information content (AvgIpc) is 3.06. The van der Waals surface area contributed by atoms with E-state index in [0.29, 0.717) is 0 Å². The number of hydrogen-bond donors (Lipinski definition) is 0. The topological polar surface area (TPSA) is 0 Å². The molecule has 0 fully saturated rings. The van der Waals surface area contributed by atoms with Crippen molar-refractivity contribution in [3.8, 4) is 0 Å². The zero-order chi connectivity index (χ0) is 13.7. The van der Waals surface area contributed by atoms with E-state index < -0.39 is 0 Å². The van der Waals surface area contributed by atoms with Crippen LogP contribution in [0, 0.1) is 35.5 Å². The van der Waals surface area contributed by atoms with Gasteiger partial charge in [0.05, 0.1) is 0 Å². The Morgan fingerprint density at radius 2 is 1.65 bits per heavy atom. The monoisotopic (exact) mass is 266 g/mol. The molecular weight excluding hydrogens is 240 g/mol. The van der Waals surface area contributed by atoms with Gasteiger partial charge in [-0.1, -0.05) is 50.3 Å². The molecule has 4 aliphatic carbocycles. The van der Waals surface area contributed by atoms with E-state index in [1.165, 1.54) is 25.7 Å². The first-order chi connectivity index (χ1) is 9.75. The van der Waals surface area contributed by atoms with Gasteiger partial charge in [0.25, 0.3) is 0 Å². The minimum absolute atomic E-state index is 0.732. The quantitative estimate of drug-likeness (QED) is 0.565. The molecule has 20 heavy (non-hydrogen) atoms. The van der Waals surface area contributed by atoms with Crippen molar-refractivity contribution in [1.82, 2.24) is 0 Å². The van der Waals surface area contributed by atoms with Crippen molar-refractivity contribution in [2.24, 2.45) is 35.5 Å². The predicted octanol–water partition coefficient (Wildman–Crippen LogP) is 5.30. The van der Waals surface area contributed by atoms with Crippen LogP contribution in [0.4, 0.5) is 0 Å². The second-order valence-corrected chi connectivity index (χ2v) is 7.38. The highest BCUT2D eigenvalue weighted by atomic mass is 14.4. The molecule has 106 valence electrons. The highest BCUT2D eigenvalue weighted by molar-refractivity contribution is 5.42. The first-order valence-corrected chi connectivity index (χ1v) is 8.49. The predicted molar refractivity (Wildman–Crippen MR) is 85.2 cm³/mol. The van der Waals surface area contributed by atoms with Gasteiger partial charge in [0.1, 0.15) is 0 Å². The lowest BCUT2D eigenvalue weighted by Gasteiger charge is -2.37. The van der Waals surface area contributed by atoms with Crippen LogP contribution in [0.3, 0.4) is 0 Å². The summed E-state index contributed by atoms with van der Waals surface area (Å²) >= 11 is 0. The summed E-state index contributed by atoms with van der Waals surface area (Å²) in [5, 5.41) is 0. The highest BCUT2D eigenvalue weighted by Gasteiger charge is 2.40. The summed E-state index contributed by atoms with van der Waals surface area (Å²) in [5.74, 6) is 4.89. The molecule has 0 heteroatoms. The van der Waals surface area contributed by atoms with E-state index in [1.807, 2.05) is 0 Å². The van der Waals surface area contributed by atoms with Crippen molar-refractivity contribution in [2.75, 3.05) is 0 Å². The fourth-order valence-corrected chi connectivity index (χ4v) is 5.28. The summed E-state index contributed by atoms with van der Waals surface area (Å²) < 4.78 is 0. The molecule has 0 aliphatic heterocycles. The molecule has 4 aliphatic rings. The van der Waals surface area contributed by atoms with Crippen LogP contribution in [0.15, 0.2) is 47.6 Å². The van der Waals surface area contributed by atoms with Crippen molar-refractivity contribution in [1.29, 1.82) is 0 Å². The Balaban J connectivity index is 1.63. The lowest BCUT2D eigenvalue weighted by Crippen LogP contribution is -2.28. The van der Waals surface area contributed by atoms with Crippen LogP contribution in [-0.4, -0.2) is 0 Å². The Bertz CT molecular complexity index is 516. The number of allylic oxidation sites excluding steroid dienone is 8. The first-order valence-electron chi connectivity index (χ1n) is 8.49. The number of hydrogen-bond acceptors (Lipinski definition) is 0. The van der Waals surface area contributed by atoms with E-state index in [-0.39, 0.29) is 0 Å². The maximum Gasteiger partial charge on any atom is -0.00678 e. The number of rotatable bonds is 1. The van der Waals surface area contributed by atoms with Crippen molar-refractivity contribution < 1.29 is 0 Å². The highest BCUT2D eigenvalue weighted by Crippen LogP contribution is 2.51. The molecule has 0 amide bonds. The lowest BCUT2D eigenvalue weighted by atomic mass is 9.67. The molecule has 0 N–H and O–H groups in total. The third-order valence-electron chi connectivity index (χ3n) is 6.37. The fourth-order valence-electron chi connectivity index (χ4n) is 5.28. The van der Waals surface area contributed by atoms with Crippen molar-refractivity contribution in [2.45, 2.75) is 39.5 Å². The molecule has 0 spiro atoms. The van der Waals surface area contributed by atoms with Gasteiger partial charge in [-0.25, -0.2) is 0 Å². The number of fused-ring (bicyclic) bond motifs is 2. The summed E-state index contributed by atoms with van der Waals surface area (Å²) in [7, 11) is 0. The Morgan fingerprint density at radius 1 is 0.850 bits per heavy atom. The van der Waals surface area contributed by atoms with Crippen molar-refractivity contribution in [3.05, 3.63) is 47.6 Å². The van der Waals surface area contributed by atoms with E-state index in [4.69, 9.17) is 0 Å². The van der Waals surface area contributed by atoms with Gasteiger partial charge in [-0.2, -0.15) is 0 Å². The van der Waals surface area contributed by atoms with Crippen molar-refractivity contribution in [3.63, 3.8) is 0 Å². The maximum absolute atomic E-state index is 2.59. The molecule has 0 aromatic rings. The first kappa shape index (κ1) is 12.7. The smallest absolute Gasteiger partial charge is 0.00678 e. The summed E-state index contributed by atoms with van der Waals surface area (Å²) in [4.78, 5) is 0.